The van der Waals surface area contributed by atoms with Crippen molar-refractivity contribution in [3.63, 3.8) is 0 Å². The Labute approximate surface area is 191 Å². The molecule has 8 nitrogen and oxygen atoms in total. The Morgan fingerprint density at radius 3 is 2.91 bits per heavy atom. The van der Waals surface area contributed by atoms with E-state index in [-0.39, 0.29) is 18.4 Å². The molecule has 2 aromatic rings. The first-order valence-electron chi connectivity index (χ1n) is 10.9. The maximum atomic E-state index is 13.0. The standard InChI is InChI=1S/C23H29N5O3S/c1-5-10-27-15(3)11-17(16(27)4)18-13-32-21(24-18)25-19(29)12-28-20(30)23(26-22(28)31)9-7-6-8-14(23)2/h5,11,13-14H,1,6-10,12H2,2-4H3,(H,26,31)(H,24,25,29). The molecule has 32 heavy (non-hydrogen) atoms. The van der Waals surface area contributed by atoms with E-state index in [4.69, 9.17) is 0 Å². The van der Waals surface area contributed by atoms with Crippen molar-refractivity contribution < 1.29 is 14.4 Å². The lowest BCUT2D eigenvalue weighted by molar-refractivity contribution is -0.136. The van der Waals surface area contributed by atoms with Gasteiger partial charge in [0.2, 0.25) is 5.91 Å². The number of nitrogens with zero attached hydrogens (tertiary/aromatic N) is 3. The maximum absolute atomic E-state index is 13.0. The van der Waals surface area contributed by atoms with Gasteiger partial charge in [-0.2, -0.15) is 0 Å². The molecular formula is C23H29N5O3S. The van der Waals surface area contributed by atoms with E-state index < -0.39 is 17.5 Å². The average Bonchev–Trinajstić information content (AvgIpc) is 3.38. The zero-order chi connectivity index (χ0) is 23.0. The van der Waals surface area contributed by atoms with Crippen LogP contribution in [0.5, 0.6) is 0 Å². The summed E-state index contributed by atoms with van der Waals surface area (Å²) in [5, 5.41) is 7.94. The molecular weight excluding hydrogens is 426 g/mol. The van der Waals surface area contributed by atoms with Crippen LogP contribution in [0.1, 0.15) is 44.0 Å². The van der Waals surface area contributed by atoms with E-state index in [0.29, 0.717) is 11.6 Å². The number of imide groups is 1. The fourth-order valence-corrected chi connectivity index (χ4v) is 5.59. The molecule has 3 heterocycles. The van der Waals surface area contributed by atoms with E-state index in [2.05, 4.69) is 32.8 Å². The molecule has 1 aliphatic heterocycles. The Kier molecular flexibility index (Phi) is 5.94. The summed E-state index contributed by atoms with van der Waals surface area (Å²) in [6.07, 6.45) is 5.31. The minimum Gasteiger partial charge on any atom is -0.345 e. The first kappa shape index (κ1) is 22.3. The Morgan fingerprint density at radius 2 is 2.19 bits per heavy atom. The van der Waals surface area contributed by atoms with Crippen molar-refractivity contribution >= 4 is 34.3 Å². The van der Waals surface area contributed by atoms with Gasteiger partial charge in [0.25, 0.3) is 5.91 Å². The largest absolute Gasteiger partial charge is 0.345 e. The molecule has 4 amide bonds. The summed E-state index contributed by atoms with van der Waals surface area (Å²) in [5.41, 5.74) is 3.11. The molecule has 9 heteroatoms. The summed E-state index contributed by atoms with van der Waals surface area (Å²) in [5.74, 6) is -0.672. The van der Waals surface area contributed by atoms with Crippen molar-refractivity contribution in [2.45, 2.75) is 58.5 Å². The number of carbonyl (C=O) groups excluding carboxylic acids is 3. The van der Waals surface area contributed by atoms with Gasteiger partial charge in [0.1, 0.15) is 12.1 Å². The molecule has 1 spiro atoms. The lowest BCUT2D eigenvalue weighted by Gasteiger charge is -2.36. The second kappa shape index (κ2) is 8.54. The first-order valence-corrected chi connectivity index (χ1v) is 11.8. The van der Waals surface area contributed by atoms with Crippen LogP contribution in [0.3, 0.4) is 0 Å². The molecule has 0 bridgehead atoms. The highest BCUT2D eigenvalue weighted by molar-refractivity contribution is 7.14. The number of rotatable bonds is 6. The molecule has 2 N–H and O–H groups in total. The number of nitrogens with one attached hydrogen (secondary N) is 2. The van der Waals surface area contributed by atoms with Gasteiger partial charge >= 0.3 is 6.03 Å². The number of thiazole rings is 1. The second-order valence-corrected chi connectivity index (χ2v) is 9.57. The molecule has 2 atom stereocenters. The zero-order valence-corrected chi connectivity index (χ0v) is 19.6. The van der Waals surface area contributed by atoms with Crippen LogP contribution >= 0.6 is 11.3 Å². The van der Waals surface area contributed by atoms with Gasteiger partial charge in [0, 0.05) is 28.9 Å². The number of amides is 4. The number of anilines is 1. The number of carbonyl (C=O) groups is 3. The number of allylic oxidation sites excluding steroid dienone is 1. The van der Waals surface area contributed by atoms with Crippen LogP contribution in [0.15, 0.2) is 24.1 Å². The summed E-state index contributed by atoms with van der Waals surface area (Å²) < 4.78 is 2.15. The molecule has 170 valence electrons. The first-order chi connectivity index (χ1) is 15.3. The van der Waals surface area contributed by atoms with Gasteiger partial charge in [0.15, 0.2) is 5.13 Å². The van der Waals surface area contributed by atoms with E-state index in [1.165, 1.54) is 11.3 Å². The third-order valence-electron chi connectivity index (χ3n) is 6.71. The van der Waals surface area contributed by atoms with E-state index in [1.54, 1.807) is 0 Å². The SMILES string of the molecule is C=CCn1c(C)cc(-c2csc(NC(=O)CN3C(=O)NC4(CCCCC4C)C3=O)n2)c1C. The Balaban J connectivity index is 1.44. The highest BCUT2D eigenvalue weighted by atomic mass is 32.1. The van der Waals surface area contributed by atoms with Crippen LogP contribution < -0.4 is 10.6 Å². The molecule has 4 rings (SSSR count). The molecule has 0 aromatic carbocycles. The van der Waals surface area contributed by atoms with Crippen LogP contribution in [0, 0.1) is 19.8 Å². The van der Waals surface area contributed by atoms with Crippen LogP contribution in [-0.4, -0.2) is 44.4 Å². The smallest absolute Gasteiger partial charge is 0.325 e. The normalized spacial score (nSPS) is 23.0. The predicted octanol–water partition coefficient (Wildman–Crippen LogP) is 3.85. The number of aromatic nitrogens is 2. The van der Waals surface area contributed by atoms with Crippen molar-refractivity contribution in [1.29, 1.82) is 0 Å². The monoisotopic (exact) mass is 455 g/mol. The number of hydrogen-bond acceptors (Lipinski definition) is 5. The van der Waals surface area contributed by atoms with E-state index >= 15 is 0 Å². The molecule has 2 aromatic heterocycles. The minimum atomic E-state index is -0.863. The molecule has 2 unspecified atom stereocenters. The van der Waals surface area contributed by atoms with Gasteiger partial charge in [0.05, 0.1) is 5.69 Å². The lowest BCUT2D eigenvalue weighted by Crippen LogP contribution is -2.54. The fraction of sp³-hybridized carbons (Fsp3) is 0.478. The van der Waals surface area contributed by atoms with Gasteiger partial charge < -0.3 is 15.2 Å². The van der Waals surface area contributed by atoms with Crippen molar-refractivity contribution in [3.05, 3.63) is 35.5 Å². The summed E-state index contributed by atoms with van der Waals surface area (Å²) in [7, 11) is 0. The Bertz CT molecular complexity index is 1090. The molecule has 1 aliphatic carbocycles. The number of urea groups is 1. The van der Waals surface area contributed by atoms with E-state index in [9.17, 15) is 14.4 Å². The van der Waals surface area contributed by atoms with Crippen molar-refractivity contribution in [2.75, 3.05) is 11.9 Å². The van der Waals surface area contributed by atoms with Crippen LogP contribution in [0.4, 0.5) is 9.93 Å². The number of aryl methyl sites for hydroxylation is 1. The third kappa shape index (κ3) is 3.74. The highest BCUT2D eigenvalue weighted by Crippen LogP contribution is 2.38. The van der Waals surface area contributed by atoms with Crippen molar-refractivity contribution in [1.82, 2.24) is 19.8 Å². The zero-order valence-electron chi connectivity index (χ0n) is 18.7. The Morgan fingerprint density at radius 1 is 1.41 bits per heavy atom. The van der Waals surface area contributed by atoms with Crippen molar-refractivity contribution in [2.24, 2.45) is 5.92 Å². The van der Waals surface area contributed by atoms with Gasteiger partial charge in [-0.1, -0.05) is 25.8 Å². The lowest BCUT2D eigenvalue weighted by atomic mass is 9.73. The minimum absolute atomic E-state index is 0.0578. The van der Waals surface area contributed by atoms with Gasteiger partial charge in [-0.15, -0.1) is 17.9 Å². The van der Waals surface area contributed by atoms with E-state index in [0.717, 1.165) is 53.4 Å². The topological polar surface area (TPSA) is 96.3 Å². The second-order valence-electron chi connectivity index (χ2n) is 8.71. The van der Waals surface area contributed by atoms with Crippen molar-refractivity contribution in [3.8, 4) is 11.3 Å². The fourth-order valence-electron chi connectivity index (χ4n) is 4.87. The van der Waals surface area contributed by atoms with Crippen LogP contribution in [0.2, 0.25) is 0 Å². The highest BCUT2D eigenvalue weighted by Gasteiger charge is 2.55. The number of hydrogen-bond donors (Lipinski definition) is 2. The quantitative estimate of drug-likeness (QED) is 0.511. The van der Waals surface area contributed by atoms with Crippen LogP contribution in [0.25, 0.3) is 11.3 Å². The van der Waals surface area contributed by atoms with Gasteiger partial charge in [-0.05, 0) is 38.7 Å². The Hall–Kier alpha value is -2.94. The predicted molar refractivity (Wildman–Crippen MR) is 124 cm³/mol. The summed E-state index contributed by atoms with van der Waals surface area (Å²) in [6, 6.07) is 1.57. The molecule has 1 saturated heterocycles. The van der Waals surface area contributed by atoms with E-state index in [1.807, 2.05) is 32.2 Å². The molecule has 0 radical (unpaired) electrons. The maximum Gasteiger partial charge on any atom is 0.325 e. The third-order valence-corrected chi connectivity index (χ3v) is 7.47. The van der Waals surface area contributed by atoms with Crippen LogP contribution in [-0.2, 0) is 16.1 Å². The molecule has 1 saturated carbocycles. The molecule has 2 fully saturated rings. The molecule has 2 aliphatic rings. The summed E-state index contributed by atoms with van der Waals surface area (Å²) in [6.45, 7) is 10.3. The van der Waals surface area contributed by atoms with Gasteiger partial charge in [-0.25, -0.2) is 9.78 Å². The summed E-state index contributed by atoms with van der Waals surface area (Å²) >= 11 is 1.31. The van der Waals surface area contributed by atoms with Gasteiger partial charge in [-0.3, -0.25) is 14.5 Å². The summed E-state index contributed by atoms with van der Waals surface area (Å²) in [4.78, 5) is 43.8. The average molecular weight is 456 g/mol.